The largest absolute Gasteiger partial charge is 0.449 e. The van der Waals surface area contributed by atoms with E-state index in [4.69, 9.17) is 16.6 Å². The average Bonchev–Trinajstić information content (AvgIpc) is 3.19. The van der Waals surface area contributed by atoms with E-state index < -0.39 is 0 Å². The van der Waals surface area contributed by atoms with Gasteiger partial charge in [0, 0.05) is 24.2 Å². The molecule has 0 unspecified atom stereocenters. The Morgan fingerprint density at radius 2 is 2.00 bits per heavy atom. The molecule has 1 fully saturated rings. The van der Waals surface area contributed by atoms with Gasteiger partial charge in [-0.15, -0.1) is 0 Å². The lowest BCUT2D eigenvalue weighted by Gasteiger charge is -2.31. The molecule has 1 N–H and O–H groups in total. The standard InChI is InChI=1S/C17H19FN2OS/c18-15-9-4-1-6-13(15)12-20(14-7-2-3-8-14)17(22)19-16-10-5-11-21-16/h1,4-6,9-11,14H,2-3,7-8,12H2,(H,19,22). The summed E-state index contributed by atoms with van der Waals surface area (Å²) in [6.07, 6.45) is 6.17. The maximum absolute atomic E-state index is 14.0. The molecule has 1 aromatic carbocycles. The summed E-state index contributed by atoms with van der Waals surface area (Å²) in [5.74, 6) is 0.424. The Balaban J connectivity index is 1.77. The topological polar surface area (TPSA) is 28.4 Å². The Kier molecular flexibility index (Phi) is 4.73. The van der Waals surface area contributed by atoms with Crippen molar-refractivity contribution in [3.05, 3.63) is 54.0 Å². The monoisotopic (exact) mass is 318 g/mol. The Hall–Kier alpha value is -1.88. The van der Waals surface area contributed by atoms with E-state index in [-0.39, 0.29) is 5.82 Å². The van der Waals surface area contributed by atoms with Gasteiger partial charge in [-0.1, -0.05) is 31.0 Å². The Morgan fingerprint density at radius 3 is 2.68 bits per heavy atom. The highest BCUT2D eigenvalue weighted by molar-refractivity contribution is 7.80. The molecule has 1 aliphatic carbocycles. The van der Waals surface area contributed by atoms with Crippen LogP contribution in [0.1, 0.15) is 31.2 Å². The first-order valence-electron chi connectivity index (χ1n) is 7.58. The van der Waals surface area contributed by atoms with Gasteiger partial charge in [-0.25, -0.2) is 4.39 Å². The van der Waals surface area contributed by atoms with Gasteiger partial charge in [0.25, 0.3) is 0 Å². The van der Waals surface area contributed by atoms with Crippen molar-refractivity contribution in [2.45, 2.75) is 38.3 Å². The molecule has 1 saturated carbocycles. The van der Waals surface area contributed by atoms with E-state index in [2.05, 4.69) is 10.2 Å². The van der Waals surface area contributed by atoms with Crippen LogP contribution in [0.4, 0.5) is 10.3 Å². The van der Waals surface area contributed by atoms with Crippen LogP contribution in [-0.2, 0) is 6.54 Å². The van der Waals surface area contributed by atoms with Gasteiger partial charge in [0.05, 0.1) is 6.26 Å². The second-order valence-electron chi connectivity index (χ2n) is 5.57. The minimum Gasteiger partial charge on any atom is -0.449 e. The van der Waals surface area contributed by atoms with Crippen molar-refractivity contribution in [1.29, 1.82) is 0 Å². The smallest absolute Gasteiger partial charge is 0.198 e. The summed E-state index contributed by atoms with van der Waals surface area (Å²) in [6.45, 7) is 0.476. The predicted octanol–water partition coefficient (Wildman–Crippen LogP) is 4.56. The van der Waals surface area contributed by atoms with Crippen LogP contribution in [0.5, 0.6) is 0 Å². The molecule has 0 aliphatic heterocycles. The van der Waals surface area contributed by atoms with Crippen LogP contribution < -0.4 is 5.32 Å². The third-order valence-electron chi connectivity index (χ3n) is 4.08. The summed E-state index contributed by atoms with van der Waals surface area (Å²) in [7, 11) is 0. The van der Waals surface area contributed by atoms with Crippen molar-refractivity contribution < 1.29 is 8.81 Å². The molecule has 0 bridgehead atoms. The van der Waals surface area contributed by atoms with E-state index in [1.165, 1.54) is 18.9 Å². The number of furan rings is 1. The highest BCUT2D eigenvalue weighted by atomic mass is 32.1. The minimum atomic E-state index is -0.189. The molecule has 3 nitrogen and oxygen atoms in total. The van der Waals surface area contributed by atoms with Gasteiger partial charge in [0.1, 0.15) is 5.82 Å². The zero-order valence-corrected chi connectivity index (χ0v) is 13.1. The zero-order valence-electron chi connectivity index (χ0n) is 12.3. The summed E-state index contributed by atoms with van der Waals surface area (Å²) in [6, 6.07) is 10.9. The van der Waals surface area contributed by atoms with Crippen molar-refractivity contribution in [3.63, 3.8) is 0 Å². The number of nitrogens with zero attached hydrogens (tertiary/aromatic N) is 1. The SMILES string of the molecule is Fc1ccccc1CN(C(=S)Nc1ccco1)C1CCCC1. The maximum atomic E-state index is 14.0. The van der Waals surface area contributed by atoms with Gasteiger partial charge in [0.2, 0.25) is 0 Å². The van der Waals surface area contributed by atoms with Crippen molar-refractivity contribution in [3.8, 4) is 0 Å². The van der Waals surface area contributed by atoms with E-state index in [1.54, 1.807) is 12.3 Å². The van der Waals surface area contributed by atoms with Crippen molar-refractivity contribution in [1.82, 2.24) is 4.90 Å². The molecule has 22 heavy (non-hydrogen) atoms. The molecule has 1 aliphatic rings. The number of hydrogen-bond donors (Lipinski definition) is 1. The van der Waals surface area contributed by atoms with E-state index in [0.717, 1.165) is 12.8 Å². The Bertz CT molecular complexity index is 623. The normalized spacial score (nSPS) is 15.0. The first kappa shape index (κ1) is 15.0. The molecule has 1 heterocycles. The van der Waals surface area contributed by atoms with Crippen LogP contribution in [0.15, 0.2) is 47.1 Å². The molecule has 0 saturated heterocycles. The molecule has 0 spiro atoms. The second-order valence-corrected chi connectivity index (χ2v) is 5.95. The van der Waals surface area contributed by atoms with E-state index in [1.807, 2.05) is 24.3 Å². The molecule has 5 heteroatoms. The fraction of sp³-hybridized carbons (Fsp3) is 0.353. The fourth-order valence-electron chi connectivity index (χ4n) is 2.92. The summed E-state index contributed by atoms with van der Waals surface area (Å²) in [5.41, 5.74) is 0.665. The van der Waals surface area contributed by atoms with Crippen LogP contribution in [0.25, 0.3) is 0 Å². The quantitative estimate of drug-likeness (QED) is 0.837. The average molecular weight is 318 g/mol. The molecular formula is C17H19FN2OS. The number of benzene rings is 1. The van der Waals surface area contributed by atoms with Gasteiger partial charge >= 0.3 is 0 Å². The summed E-state index contributed by atoms with van der Waals surface area (Å²) >= 11 is 5.53. The molecule has 0 amide bonds. The maximum Gasteiger partial charge on any atom is 0.198 e. The summed E-state index contributed by atoms with van der Waals surface area (Å²) in [4.78, 5) is 2.09. The third kappa shape index (κ3) is 3.47. The number of halogens is 1. The Morgan fingerprint density at radius 1 is 1.23 bits per heavy atom. The molecule has 1 aromatic heterocycles. The number of nitrogens with one attached hydrogen (secondary N) is 1. The van der Waals surface area contributed by atoms with Gasteiger partial charge in [-0.05, 0) is 37.2 Å². The van der Waals surface area contributed by atoms with E-state index in [0.29, 0.717) is 29.1 Å². The first-order chi connectivity index (χ1) is 10.7. The van der Waals surface area contributed by atoms with Crippen LogP contribution in [0, 0.1) is 5.82 Å². The van der Waals surface area contributed by atoms with Gasteiger partial charge in [-0.2, -0.15) is 0 Å². The van der Waals surface area contributed by atoms with Crippen molar-refractivity contribution >= 4 is 23.2 Å². The van der Waals surface area contributed by atoms with Gasteiger partial charge in [0.15, 0.2) is 11.0 Å². The highest BCUT2D eigenvalue weighted by Gasteiger charge is 2.25. The fourth-order valence-corrected chi connectivity index (χ4v) is 3.23. The number of thiocarbonyl (C=S) groups is 1. The summed E-state index contributed by atoms with van der Waals surface area (Å²) in [5, 5.41) is 3.69. The van der Waals surface area contributed by atoms with E-state index in [9.17, 15) is 4.39 Å². The Labute approximate surface area is 135 Å². The number of rotatable bonds is 4. The summed E-state index contributed by atoms with van der Waals surface area (Å²) < 4.78 is 19.3. The molecule has 0 atom stereocenters. The van der Waals surface area contributed by atoms with Crippen molar-refractivity contribution in [2.75, 3.05) is 5.32 Å². The van der Waals surface area contributed by atoms with Crippen LogP contribution in [0.2, 0.25) is 0 Å². The van der Waals surface area contributed by atoms with Crippen LogP contribution in [-0.4, -0.2) is 16.1 Å². The highest BCUT2D eigenvalue weighted by Crippen LogP contribution is 2.26. The lowest BCUT2D eigenvalue weighted by molar-refractivity contribution is 0.307. The van der Waals surface area contributed by atoms with Gasteiger partial charge < -0.3 is 14.6 Å². The molecule has 3 rings (SSSR count). The molecule has 116 valence electrons. The van der Waals surface area contributed by atoms with Crippen LogP contribution in [0.3, 0.4) is 0 Å². The zero-order chi connectivity index (χ0) is 15.4. The van der Waals surface area contributed by atoms with Crippen molar-refractivity contribution in [2.24, 2.45) is 0 Å². The number of hydrogen-bond acceptors (Lipinski definition) is 2. The predicted molar refractivity (Wildman–Crippen MR) is 89.1 cm³/mol. The molecule has 0 radical (unpaired) electrons. The lowest BCUT2D eigenvalue weighted by atomic mass is 10.1. The number of anilines is 1. The van der Waals surface area contributed by atoms with Gasteiger partial charge in [-0.3, -0.25) is 0 Å². The third-order valence-corrected chi connectivity index (χ3v) is 4.41. The molecule has 2 aromatic rings. The van der Waals surface area contributed by atoms with Crippen LogP contribution >= 0.6 is 12.2 Å². The molecular weight excluding hydrogens is 299 g/mol. The minimum absolute atomic E-state index is 0.189. The second kappa shape index (κ2) is 6.92. The van der Waals surface area contributed by atoms with E-state index >= 15 is 0 Å². The lowest BCUT2D eigenvalue weighted by Crippen LogP contribution is -2.41. The first-order valence-corrected chi connectivity index (χ1v) is 7.99.